The summed E-state index contributed by atoms with van der Waals surface area (Å²) in [5.41, 5.74) is -2.19. The monoisotopic (exact) mass is 503 g/mol. The van der Waals surface area contributed by atoms with E-state index in [2.05, 4.69) is 5.32 Å². The van der Waals surface area contributed by atoms with Crippen LogP contribution in [0.3, 0.4) is 0 Å². The molecular formula is C26H21F4NO5. The largest absolute Gasteiger partial charge is 0.484 e. The van der Waals surface area contributed by atoms with E-state index in [0.717, 1.165) is 18.2 Å². The third-order valence-corrected chi connectivity index (χ3v) is 6.92. The summed E-state index contributed by atoms with van der Waals surface area (Å²) in [4.78, 5) is 37.4. The molecule has 1 aromatic heterocycles. The Kier molecular flexibility index (Phi) is 5.46. The highest BCUT2D eigenvalue weighted by molar-refractivity contribution is 5.95. The lowest BCUT2D eigenvalue weighted by atomic mass is 9.38. The Labute approximate surface area is 202 Å². The number of ketones is 1. The Bertz CT molecular complexity index is 1440. The molecule has 3 aromatic rings. The molecule has 6 rings (SSSR count). The van der Waals surface area contributed by atoms with Crippen molar-refractivity contribution >= 4 is 22.7 Å². The molecule has 10 heteroatoms. The number of alkyl halides is 3. The molecule has 0 radical (unpaired) electrons. The molecule has 2 bridgehead atoms. The number of nitrogens with one attached hydrogen (secondary N) is 1. The zero-order valence-corrected chi connectivity index (χ0v) is 19.1. The molecule has 3 aliphatic rings. The van der Waals surface area contributed by atoms with Gasteiger partial charge < -0.3 is 14.5 Å². The minimum atomic E-state index is -4.61. The van der Waals surface area contributed by atoms with Crippen molar-refractivity contribution in [3.8, 4) is 5.75 Å². The van der Waals surface area contributed by atoms with E-state index < -0.39 is 34.3 Å². The third-order valence-electron chi connectivity index (χ3n) is 6.92. The van der Waals surface area contributed by atoms with Gasteiger partial charge in [-0.3, -0.25) is 14.4 Å². The molecule has 1 heterocycles. The molecule has 3 saturated carbocycles. The molecule has 0 spiro atoms. The smallest absolute Gasteiger partial charge is 0.416 e. The lowest BCUT2D eigenvalue weighted by Crippen LogP contribution is -2.75. The Morgan fingerprint density at radius 2 is 1.81 bits per heavy atom. The Balaban J connectivity index is 1.18. The van der Waals surface area contributed by atoms with Crippen LogP contribution in [0.25, 0.3) is 11.0 Å². The minimum Gasteiger partial charge on any atom is -0.484 e. The number of amides is 1. The molecule has 3 fully saturated rings. The fourth-order valence-electron chi connectivity index (χ4n) is 5.36. The van der Waals surface area contributed by atoms with Gasteiger partial charge in [0.15, 0.2) is 23.6 Å². The summed E-state index contributed by atoms with van der Waals surface area (Å²) in [7, 11) is 0. The Hall–Kier alpha value is -3.69. The molecule has 0 unspecified atom stereocenters. The van der Waals surface area contributed by atoms with Crippen molar-refractivity contribution in [2.75, 3.05) is 6.61 Å². The van der Waals surface area contributed by atoms with Crippen LogP contribution in [0, 0.1) is 18.2 Å². The zero-order chi connectivity index (χ0) is 25.9. The molecule has 1 N–H and O–H groups in total. The van der Waals surface area contributed by atoms with Crippen LogP contribution < -0.4 is 15.5 Å². The molecule has 0 aliphatic heterocycles. The molecule has 3 aliphatic carbocycles. The second-order valence-electron chi connectivity index (χ2n) is 9.84. The van der Waals surface area contributed by atoms with E-state index in [1.165, 1.54) is 6.07 Å². The van der Waals surface area contributed by atoms with Crippen LogP contribution in [-0.2, 0) is 11.0 Å². The van der Waals surface area contributed by atoms with Crippen LogP contribution in [0.15, 0.2) is 51.7 Å². The van der Waals surface area contributed by atoms with Gasteiger partial charge in [0.1, 0.15) is 17.1 Å². The third kappa shape index (κ3) is 4.36. The van der Waals surface area contributed by atoms with Gasteiger partial charge in [-0.2, -0.15) is 13.2 Å². The SMILES string of the molecule is Cc1ccc(OCC(=O)NC23CC(CC(=O)c4cc(=O)c5ccc(C(F)(F)F)cc5o4)(C2)C3)cc1F. The number of aryl methyl sites for hydroxylation is 1. The van der Waals surface area contributed by atoms with E-state index in [4.69, 9.17) is 9.15 Å². The van der Waals surface area contributed by atoms with Crippen molar-refractivity contribution in [3.63, 3.8) is 0 Å². The van der Waals surface area contributed by atoms with Crippen LogP contribution in [0.4, 0.5) is 17.6 Å². The highest BCUT2D eigenvalue weighted by Crippen LogP contribution is 2.69. The average molecular weight is 503 g/mol. The van der Waals surface area contributed by atoms with Gasteiger partial charge >= 0.3 is 6.18 Å². The van der Waals surface area contributed by atoms with Gasteiger partial charge in [-0.25, -0.2) is 4.39 Å². The van der Waals surface area contributed by atoms with Gasteiger partial charge in [-0.05, 0) is 61.4 Å². The highest BCUT2D eigenvalue weighted by atomic mass is 19.4. The number of hydrogen-bond donors (Lipinski definition) is 1. The first-order chi connectivity index (χ1) is 16.9. The van der Waals surface area contributed by atoms with Crippen molar-refractivity contribution in [2.45, 2.75) is 44.3 Å². The van der Waals surface area contributed by atoms with Crippen LogP contribution >= 0.6 is 0 Å². The van der Waals surface area contributed by atoms with Gasteiger partial charge in [0.05, 0.1) is 10.9 Å². The quantitative estimate of drug-likeness (QED) is 0.364. The number of halogens is 4. The van der Waals surface area contributed by atoms with Crippen molar-refractivity contribution in [2.24, 2.45) is 5.41 Å². The number of carbonyl (C=O) groups is 2. The number of carbonyl (C=O) groups excluding carboxylic acids is 2. The summed E-state index contributed by atoms with van der Waals surface area (Å²) in [5.74, 6) is -1.31. The fraction of sp³-hybridized carbons (Fsp3) is 0.346. The van der Waals surface area contributed by atoms with Crippen molar-refractivity contribution in [1.29, 1.82) is 0 Å². The van der Waals surface area contributed by atoms with E-state index in [1.54, 1.807) is 19.1 Å². The predicted octanol–water partition coefficient (Wildman–Crippen LogP) is 4.95. The molecule has 2 aromatic carbocycles. The molecule has 6 nitrogen and oxygen atoms in total. The molecule has 36 heavy (non-hydrogen) atoms. The number of rotatable bonds is 7. The zero-order valence-electron chi connectivity index (χ0n) is 19.1. The van der Waals surface area contributed by atoms with Crippen LogP contribution in [0.5, 0.6) is 5.75 Å². The first-order valence-corrected chi connectivity index (χ1v) is 11.3. The Morgan fingerprint density at radius 3 is 2.47 bits per heavy atom. The molecule has 188 valence electrons. The summed E-state index contributed by atoms with van der Waals surface area (Å²) in [6, 6.07) is 7.88. The summed E-state index contributed by atoms with van der Waals surface area (Å²) in [6.45, 7) is 1.34. The predicted molar refractivity (Wildman–Crippen MR) is 120 cm³/mol. The van der Waals surface area contributed by atoms with E-state index in [9.17, 15) is 31.9 Å². The maximum Gasteiger partial charge on any atom is 0.416 e. The van der Waals surface area contributed by atoms with Gasteiger partial charge in [0, 0.05) is 24.1 Å². The second kappa shape index (κ2) is 8.18. The van der Waals surface area contributed by atoms with Crippen molar-refractivity contribution in [3.05, 3.63) is 75.4 Å². The minimum absolute atomic E-state index is 0.0395. The fourth-order valence-corrected chi connectivity index (χ4v) is 5.36. The lowest BCUT2D eigenvalue weighted by Gasteiger charge is -2.70. The molecule has 1 amide bonds. The van der Waals surface area contributed by atoms with Gasteiger partial charge in [-0.15, -0.1) is 0 Å². The summed E-state index contributed by atoms with van der Waals surface area (Å²) in [5, 5.41) is 2.86. The number of fused-ring (bicyclic) bond motifs is 1. The van der Waals surface area contributed by atoms with E-state index >= 15 is 0 Å². The maximum atomic E-state index is 13.6. The van der Waals surface area contributed by atoms with Crippen molar-refractivity contribution < 1.29 is 36.3 Å². The van der Waals surface area contributed by atoms with E-state index in [-0.39, 0.29) is 46.8 Å². The maximum absolute atomic E-state index is 13.6. The second-order valence-corrected chi connectivity index (χ2v) is 9.84. The number of Topliss-reactive ketones (excluding diaryl/α,β-unsaturated/α-hetero) is 1. The van der Waals surface area contributed by atoms with Crippen LogP contribution in [0.1, 0.15) is 47.4 Å². The van der Waals surface area contributed by atoms with Crippen LogP contribution in [-0.4, -0.2) is 23.8 Å². The molecule has 0 atom stereocenters. The van der Waals surface area contributed by atoms with E-state index in [1.807, 2.05) is 0 Å². The highest BCUT2D eigenvalue weighted by Gasteiger charge is 2.68. The summed E-state index contributed by atoms with van der Waals surface area (Å²) < 4.78 is 63.4. The first kappa shape index (κ1) is 24.0. The van der Waals surface area contributed by atoms with Crippen LogP contribution in [0.2, 0.25) is 0 Å². The Morgan fingerprint density at radius 1 is 1.08 bits per heavy atom. The van der Waals surface area contributed by atoms with Crippen molar-refractivity contribution in [1.82, 2.24) is 5.32 Å². The topological polar surface area (TPSA) is 85.6 Å². The van der Waals surface area contributed by atoms with Gasteiger partial charge in [0.2, 0.25) is 0 Å². The lowest BCUT2D eigenvalue weighted by molar-refractivity contribution is -0.164. The standard InChI is InChI=1S/C26H21F4NO5/c1-14-2-4-16(7-18(14)27)35-10-23(34)31-25-11-24(12-25,13-25)9-20(33)22-8-19(32)17-5-3-15(26(28,29)30)6-21(17)36-22/h2-8H,9-13H2,1H3,(H,31,34). The molecule has 0 saturated heterocycles. The summed E-state index contributed by atoms with van der Waals surface area (Å²) in [6.07, 6.45) is -2.91. The normalized spacial score (nSPS) is 22.5. The summed E-state index contributed by atoms with van der Waals surface area (Å²) >= 11 is 0. The number of hydrogen-bond acceptors (Lipinski definition) is 5. The molecular weight excluding hydrogens is 482 g/mol. The van der Waals surface area contributed by atoms with Gasteiger partial charge in [-0.1, -0.05) is 6.07 Å². The number of ether oxygens (including phenoxy) is 1. The average Bonchev–Trinajstić information content (AvgIpc) is 2.76. The van der Waals surface area contributed by atoms with Gasteiger partial charge in [0.25, 0.3) is 5.91 Å². The first-order valence-electron chi connectivity index (χ1n) is 11.3. The number of benzene rings is 2. The van der Waals surface area contributed by atoms with E-state index in [0.29, 0.717) is 30.9 Å².